The molecule has 0 aliphatic heterocycles. The van der Waals surface area contributed by atoms with Gasteiger partial charge >= 0.3 is 0 Å². The van der Waals surface area contributed by atoms with Crippen LogP contribution in [0, 0.1) is 5.82 Å². The predicted molar refractivity (Wildman–Crippen MR) is 117 cm³/mol. The Hall–Kier alpha value is -3.19. The van der Waals surface area contributed by atoms with E-state index < -0.39 is 21.7 Å². The van der Waals surface area contributed by atoms with Gasteiger partial charge in [0, 0.05) is 18.3 Å². The van der Waals surface area contributed by atoms with Gasteiger partial charge < -0.3 is 5.32 Å². The number of benzene rings is 3. The second-order valence-electron chi connectivity index (χ2n) is 7.15. The number of hydrogen-bond acceptors (Lipinski definition) is 3. The number of carbonyl (C=O) groups is 1. The van der Waals surface area contributed by atoms with E-state index in [2.05, 4.69) is 5.32 Å². The van der Waals surface area contributed by atoms with Crippen LogP contribution in [0.5, 0.6) is 0 Å². The van der Waals surface area contributed by atoms with Gasteiger partial charge in [0.1, 0.15) is 5.82 Å². The summed E-state index contributed by atoms with van der Waals surface area (Å²) >= 11 is 0. The molecule has 0 heterocycles. The molecule has 0 aliphatic carbocycles. The van der Waals surface area contributed by atoms with Crippen molar-refractivity contribution >= 4 is 27.3 Å². The Morgan fingerprint density at radius 2 is 1.63 bits per heavy atom. The molecule has 5 nitrogen and oxygen atoms in total. The fraction of sp³-hybridized carbons (Fsp3) is 0.174. The molecule has 0 radical (unpaired) electrons. The summed E-state index contributed by atoms with van der Waals surface area (Å²) in [5.74, 6) is -0.862. The molecule has 1 amide bonds. The summed E-state index contributed by atoms with van der Waals surface area (Å²) in [6, 6.07) is 18.8. The number of nitrogens with one attached hydrogen (secondary N) is 1. The van der Waals surface area contributed by atoms with E-state index in [0.29, 0.717) is 5.69 Å². The first-order chi connectivity index (χ1) is 14.2. The van der Waals surface area contributed by atoms with Gasteiger partial charge in [0.05, 0.1) is 10.6 Å². The molecule has 7 heteroatoms. The van der Waals surface area contributed by atoms with E-state index in [1.807, 2.05) is 32.0 Å². The highest BCUT2D eigenvalue weighted by molar-refractivity contribution is 7.92. The summed E-state index contributed by atoms with van der Waals surface area (Å²) in [5.41, 5.74) is 1.78. The Bertz CT molecular complexity index is 1180. The monoisotopic (exact) mass is 426 g/mol. The predicted octanol–water partition coefficient (Wildman–Crippen LogP) is 5.03. The first-order valence-corrected chi connectivity index (χ1v) is 10.9. The average molecular weight is 427 g/mol. The topological polar surface area (TPSA) is 66.5 Å². The summed E-state index contributed by atoms with van der Waals surface area (Å²) in [6.07, 6.45) is 0. The maximum Gasteiger partial charge on any atom is 0.264 e. The van der Waals surface area contributed by atoms with Crippen LogP contribution >= 0.6 is 0 Å². The number of rotatable bonds is 6. The van der Waals surface area contributed by atoms with Crippen LogP contribution < -0.4 is 9.62 Å². The molecule has 1 N–H and O–H groups in total. The largest absolute Gasteiger partial charge is 0.322 e. The molecule has 156 valence electrons. The lowest BCUT2D eigenvalue weighted by molar-refractivity contribution is 0.102. The fourth-order valence-corrected chi connectivity index (χ4v) is 4.35. The molecule has 0 fully saturated rings. The summed E-state index contributed by atoms with van der Waals surface area (Å²) < 4.78 is 40.9. The van der Waals surface area contributed by atoms with Crippen molar-refractivity contribution in [3.63, 3.8) is 0 Å². The highest BCUT2D eigenvalue weighted by Gasteiger charge is 2.24. The van der Waals surface area contributed by atoms with E-state index in [4.69, 9.17) is 0 Å². The normalized spacial score (nSPS) is 11.4. The number of anilines is 2. The standard InChI is InChI=1S/C23H23FN2O3S/c1-16(2)19-11-4-6-13-21(19)25-23(27)17-9-8-10-18(15-17)30(28,29)26(3)22-14-7-5-12-20(22)24/h4-16H,1-3H3,(H,25,27). The number of halogens is 1. The van der Waals surface area contributed by atoms with Gasteiger partial charge in [-0.2, -0.15) is 0 Å². The van der Waals surface area contributed by atoms with Gasteiger partial charge in [-0.05, 0) is 47.9 Å². The Morgan fingerprint density at radius 1 is 0.967 bits per heavy atom. The van der Waals surface area contributed by atoms with Crippen molar-refractivity contribution in [1.29, 1.82) is 0 Å². The van der Waals surface area contributed by atoms with Gasteiger partial charge in [-0.1, -0.05) is 50.2 Å². The number of para-hydroxylation sites is 2. The second kappa shape index (κ2) is 8.67. The van der Waals surface area contributed by atoms with E-state index in [1.54, 1.807) is 12.1 Å². The van der Waals surface area contributed by atoms with Crippen molar-refractivity contribution in [2.24, 2.45) is 0 Å². The average Bonchev–Trinajstić information content (AvgIpc) is 2.74. The lowest BCUT2D eigenvalue weighted by atomic mass is 10.0. The SMILES string of the molecule is CC(C)c1ccccc1NC(=O)c1cccc(S(=O)(=O)N(C)c2ccccc2F)c1. The maximum absolute atomic E-state index is 14.1. The smallest absolute Gasteiger partial charge is 0.264 e. The van der Waals surface area contributed by atoms with Crippen molar-refractivity contribution < 1.29 is 17.6 Å². The van der Waals surface area contributed by atoms with Crippen LogP contribution in [0.3, 0.4) is 0 Å². The lowest BCUT2D eigenvalue weighted by Gasteiger charge is -2.20. The van der Waals surface area contributed by atoms with E-state index in [1.165, 1.54) is 49.5 Å². The number of hydrogen-bond donors (Lipinski definition) is 1. The molecule has 3 aromatic carbocycles. The minimum atomic E-state index is -4.05. The third kappa shape index (κ3) is 4.36. The molecule has 0 aliphatic rings. The summed E-state index contributed by atoms with van der Waals surface area (Å²) in [7, 11) is -2.77. The minimum absolute atomic E-state index is 0.0711. The zero-order valence-electron chi connectivity index (χ0n) is 17.0. The van der Waals surface area contributed by atoms with Crippen molar-refractivity contribution in [2.45, 2.75) is 24.7 Å². The summed E-state index contributed by atoms with van der Waals surface area (Å²) in [4.78, 5) is 12.7. The zero-order chi connectivity index (χ0) is 21.9. The molecule has 0 bridgehead atoms. The molecule has 0 saturated carbocycles. The van der Waals surface area contributed by atoms with Gasteiger partial charge in [-0.15, -0.1) is 0 Å². The van der Waals surface area contributed by atoms with E-state index in [9.17, 15) is 17.6 Å². The molecule has 0 atom stereocenters. The number of amides is 1. The molecular formula is C23H23FN2O3S. The van der Waals surface area contributed by atoms with Crippen LogP contribution in [-0.2, 0) is 10.0 Å². The molecule has 3 aromatic rings. The number of carbonyl (C=O) groups excluding carboxylic acids is 1. The molecule has 0 unspecified atom stereocenters. The molecule has 0 saturated heterocycles. The van der Waals surface area contributed by atoms with E-state index in [0.717, 1.165) is 9.87 Å². The van der Waals surface area contributed by atoms with Crippen LogP contribution in [0.4, 0.5) is 15.8 Å². The third-order valence-electron chi connectivity index (χ3n) is 4.78. The van der Waals surface area contributed by atoms with Crippen molar-refractivity contribution in [3.8, 4) is 0 Å². The minimum Gasteiger partial charge on any atom is -0.322 e. The molecule has 3 rings (SSSR count). The number of sulfonamides is 1. The molecule has 0 aromatic heterocycles. The zero-order valence-corrected chi connectivity index (χ0v) is 17.8. The van der Waals surface area contributed by atoms with Crippen molar-refractivity contribution in [2.75, 3.05) is 16.7 Å². The quantitative estimate of drug-likeness (QED) is 0.601. The third-order valence-corrected chi connectivity index (χ3v) is 6.54. The first kappa shape index (κ1) is 21.5. The van der Waals surface area contributed by atoms with Gasteiger partial charge in [0.15, 0.2) is 0 Å². The summed E-state index contributed by atoms with van der Waals surface area (Å²) in [5, 5.41) is 2.85. The van der Waals surface area contributed by atoms with Gasteiger partial charge in [-0.3, -0.25) is 9.10 Å². The van der Waals surface area contributed by atoms with Gasteiger partial charge in [-0.25, -0.2) is 12.8 Å². The van der Waals surface area contributed by atoms with Crippen LogP contribution in [-0.4, -0.2) is 21.4 Å². The van der Waals surface area contributed by atoms with Crippen molar-refractivity contribution in [1.82, 2.24) is 0 Å². The maximum atomic E-state index is 14.1. The Kier molecular flexibility index (Phi) is 6.22. The second-order valence-corrected chi connectivity index (χ2v) is 9.12. The highest BCUT2D eigenvalue weighted by atomic mass is 32.2. The molecule has 0 spiro atoms. The molecule has 30 heavy (non-hydrogen) atoms. The first-order valence-electron chi connectivity index (χ1n) is 9.45. The van der Waals surface area contributed by atoms with Crippen LogP contribution in [0.15, 0.2) is 77.7 Å². The summed E-state index contributed by atoms with van der Waals surface area (Å²) in [6.45, 7) is 4.05. The number of nitrogens with zero attached hydrogens (tertiary/aromatic N) is 1. The van der Waals surface area contributed by atoms with Crippen molar-refractivity contribution in [3.05, 3.63) is 89.7 Å². The van der Waals surface area contributed by atoms with E-state index in [-0.39, 0.29) is 22.1 Å². The van der Waals surface area contributed by atoms with E-state index >= 15 is 0 Å². The van der Waals surface area contributed by atoms with Crippen LogP contribution in [0.25, 0.3) is 0 Å². The lowest BCUT2D eigenvalue weighted by Crippen LogP contribution is -2.27. The van der Waals surface area contributed by atoms with Gasteiger partial charge in [0.2, 0.25) is 0 Å². The highest BCUT2D eigenvalue weighted by Crippen LogP contribution is 2.26. The fourth-order valence-electron chi connectivity index (χ4n) is 3.10. The Morgan fingerprint density at radius 3 is 2.33 bits per heavy atom. The van der Waals surface area contributed by atoms with Gasteiger partial charge in [0.25, 0.3) is 15.9 Å². The Balaban J connectivity index is 1.91. The van der Waals surface area contributed by atoms with Crippen LogP contribution in [0.2, 0.25) is 0 Å². The molecular weight excluding hydrogens is 403 g/mol. The van der Waals surface area contributed by atoms with Crippen LogP contribution in [0.1, 0.15) is 35.7 Å². The Labute approximate surface area is 176 Å².